The molecule has 0 atom stereocenters. The van der Waals surface area contributed by atoms with E-state index in [-0.39, 0.29) is 17.5 Å². The Bertz CT molecular complexity index is 763. The van der Waals surface area contributed by atoms with E-state index in [0.29, 0.717) is 17.8 Å². The van der Waals surface area contributed by atoms with Crippen LogP contribution in [-0.2, 0) is 6.54 Å². The van der Waals surface area contributed by atoms with Crippen molar-refractivity contribution in [3.05, 3.63) is 65.0 Å². The summed E-state index contributed by atoms with van der Waals surface area (Å²) in [6.07, 6.45) is 0. The first-order chi connectivity index (χ1) is 11.4. The van der Waals surface area contributed by atoms with E-state index in [2.05, 4.69) is 5.32 Å². The molecule has 0 aliphatic heterocycles. The number of rotatable bonds is 5. The van der Waals surface area contributed by atoms with Crippen molar-refractivity contribution in [3.8, 4) is 6.07 Å². The Morgan fingerprint density at radius 3 is 2.50 bits per heavy atom. The Hall–Kier alpha value is -2.87. The minimum atomic E-state index is -0.542. The molecule has 2 aromatic carbocycles. The smallest absolute Gasteiger partial charge is 0.253 e. The summed E-state index contributed by atoms with van der Waals surface area (Å²) in [6, 6.07) is 13.7. The zero-order valence-corrected chi connectivity index (χ0v) is 14.0. The van der Waals surface area contributed by atoms with Crippen LogP contribution >= 0.6 is 0 Å². The van der Waals surface area contributed by atoms with Gasteiger partial charge in [-0.15, -0.1) is 0 Å². The molecular weight excluding hydrogens is 305 g/mol. The second-order valence-electron chi connectivity index (χ2n) is 5.83. The van der Waals surface area contributed by atoms with Gasteiger partial charge in [-0.05, 0) is 43.7 Å². The van der Waals surface area contributed by atoms with Crippen molar-refractivity contribution in [1.29, 1.82) is 5.26 Å². The summed E-state index contributed by atoms with van der Waals surface area (Å²) in [7, 11) is 1.77. The second kappa shape index (κ2) is 7.60. The molecule has 0 fully saturated rings. The van der Waals surface area contributed by atoms with Gasteiger partial charge in [0.05, 0.1) is 5.69 Å². The number of halogens is 1. The van der Waals surface area contributed by atoms with Crippen molar-refractivity contribution in [1.82, 2.24) is 4.90 Å². The molecule has 0 aliphatic carbocycles. The van der Waals surface area contributed by atoms with Crippen molar-refractivity contribution in [3.63, 3.8) is 0 Å². The lowest BCUT2D eigenvalue weighted by atomic mass is 10.1. The summed E-state index contributed by atoms with van der Waals surface area (Å²) in [6.45, 7) is 4.36. The molecule has 1 amide bonds. The third-order valence-electron chi connectivity index (χ3n) is 3.90. The minimum Gasteiger partial charge on any atom is -0.380 e. The lowest BCUT2D eigenvalue weighted by molar-refractivity contribution is 0.0755. The highest BCUT2D eigenvalue weighted by atomic mass is 19.1. The Balaban J connectivity index is 2.07. The molecule has 124 valence electrons. The number of benzene rings is 2. The third-order valence-corrected chi connectivity index (χ3v) is 3.90. The Morgan fingerprint density at radius 2 is 1.92 bits per heavy atom. The fraction of sp³-hybridized carbons (Fsp3) is 0.263. The number of amides is 1. The van der Waals surface area contributed by atoms with E-state index in [4.69, 9.17) is 5.26 Å². The number of anilines is 1. The number of hydrogen-bond donors (Lipinski definition) is 1. The van der Waals surface area contributed by atoms with Gasteiger partial charge in [-0.2, -0.15) is 5.26 Å². The van der Waals surface area contributed by atoms with Crippen molar-refractivity contribution >= 4 is 11.6 Å². The molecule has 0 unspecified atom stereocenters. The van der Waals surface area contributed by atoms with Gasteiger partial charge < -0.3 is 10.2 Å². The van der Waals surface area contributed by atoms with Gasteiger partial charge in [0.15, 0.2) is 0 Å². The van der Waals surface area contributed by atoms with Gasteiger partial charge in [-0.25, -0.2) is 4.39 Å². The summed E-state index contributed by atoms with van der Waals surface area (Å²) in [5.74, 6) is -0.568. The quantitative estimate of drug-likeness (QED) is 0.910. The Kier molecular flexibility index (Phi) is 5.54. The third kappa shape index (κ3) is 3.90. The lowest BCUT2D eigenvalue weighted by Gasteiger charge is -2.21. The largest absolute Gasteiger partial charge is 0.380 e. The van der Waals surface area contributed by atoms with Gasteiger partial charge in [0, 0.05) is 25.2 Å². The van der Waals surface area contributed by atoms with Crippen LogP contribution in [-0.4, -0.2) is 23.9 Å². The average molecular weight is 325 g/mol. The number of nitrogens with one attached hydrogen (secondary N) is 1. The maximum Gasteiger partial charge on any atom is 0.253 e. The highest BCUT2D eigenvalue weighted by molar-refractivity contribution is 5.94. The van der Waals surface area contributed by atoms with Gasteiger partial charge in [0.25, 0.3) is 5.91 Å². The van der Waals surface area contributed by atoms with Crippen LogP contribution in [0.3, 0.4) is 0 Å². The molecule has 1 N–H and O–H groups in total. The van der Waals surface area contributed by atoms with E-state index < -0.39 is 5.82 Å². The van der Waals surface area contributed by atoms with Gasteiger partial charge >= 0.3 is 0 Å². The van der Waals surface area contributed by atoms with Crippen molar-refractivity contribution in [2.75, 3.05) is 12.4 Å². The zero-order valence-electron chi connectivity index (χ0n) is 14.0. The van der Waals surface area contributed by atoms with Crippen molar-refractivity contribution in [2.45, 2.75) is 26.4 Å². The minimum absolute atomic E-state index is 0.00264. The van der Waals surface area contributed by atoms with Crippen LogP contribution in [0.2, 0.25) is 0 Å². The molecule has 2 rings (SSSR count). The normalized spacial score (nSPS) is 10.3. The molecule has 0 bridgehead atoms. The van der Waals surface area contributed by atoms with Gasteiger partial charge in [-0.1, -0.05) is 18.2 Å². The molecule has 0 spiro atoms. The summed E-state index contributed by atoms with van der Waals surface area (Å²) in [5, 5.41) is 12.1. The fourth-order valence-electron chi connectivity index (χ4n) is 2.19. The molecule has 0 aliphatic rings. The molecule has 5 heteroatoms. The van der Waals surface area contributed by atoms with E-state index in [1.807, 2.05) is 32.0 Å². The van der Waals surface area contributed by atoms with E-state index >= 15 is 0 Å². The Morgan fingerprint density at radius 1 is 1.25 bits per heavy atom. The summed E-state index contributed by atoms with van der Waals surface area (Å²) in [5.41, 5.74) is 2.02. The molecule has 0 heterocycles. The SMILES string of the molecule is CC(C)N(C)C(=O)c1ccc(CNc2cccc(F)c2C#N)cc1. The summed E-state index contributed by atoms with van der Waals surface area (Å²) in [4.78, 5) is 13.9. The molecule has 0 aromatic heterocycles. The molecule has 0 saturated heterocycles. The predicted octanol–water partition coefficient (Wildman–Crippen LogP) is 3.79. The Labute approximate surface area is 141 Å². The topological polar surface area (TPSA) is 56.1 Å². The van der Waals surface area contributed by atoms with E-state index in [1.54, 1.807) is 36.2 Å². The van der Waals surface area contributed by atoms with Gasteiger partial charge in [0.2, 0.25) is 0 Å². The molecule has 0 saturated carbocycles. The predicted molar refractivity (Wildman–Crippen MR) is 92.1 cm³/mol. The molecule has 0 radical (unpaired) electrons. The number of hydrogen-bond acceptors (Lipinski definition) is 3. The van der Waals surface area contributed by atoms with E-state index in [9.17, 15) is 9.18 Å². The first-order valence-corrected chi connectivity index (χ1v) is 7.72. The molecule has 24 heavy (non-hydrogen) atoms. The van der Waals surface area contributed by atoms with Crippen LogP contribution in [0.25, 0.3) is 0 Å². The lowest BCUT2D eigenvalue weighted by Crippen LogP contribution is -2.32. The van der Waals surface area contributed by atoms with Crippen molar-refractivity contribution < 1.29 is 9.18 Å². The summed E-state index contributed by atoms with van der Waals surface area (Å²) >= 11 is 0. The average Bonchev–Trinajstić information content (AvgIpc) is 2.59. The van der Waals surface area contributed by atoms with Gasteiger partial charge in [0.1, 0.15) is 17.4 Å². The van der Waals surface area contributed by atoms with Crippen LogP contribution in [0.15, 0.2) is 42.5 Å². The van der Waals surface area contributed by atoms with Gasteiger partial charge in [-0.3, -0.25) is 4.79 Å². The first-order valence-electron chi connectivity index (χ1n) is 7.72. The highest BCUT2D eigenvalue weighted by Crippen LogP contribution is 2.19. The standard InChI is InChI=1S/C19H20FN3O/c1-13(2)23(3)19(24)15-9-7-14(8-10-15)12-22-18-6-4-5-17(20)16(18)11-21/h4-10,13,22H,12H2,1-3H3. The highest BCUT2D eigenvalue weighted by Gasteiger charge is 2.14. The van der Waals surface area contributed by atoms with Crippen LogP contribution in [0.5, 0.6) is 0 Å². The van der Waals surface area contributed by atoms with Crippen LogP contribution in [0.4, 0.5) is 10.1 Å². The molecular formula is C19H20FN3O. The first kappa shape index (κ1) is 17.5. The molecule has 4 nitrogen and oxygen atoms in total. The maximum absolute atomic E-state index is 13.6. The number of nitrogens with zero attached hydrogens (tertiary/aromatic N) is 2. The maximum atomic E-state index is 13.6. The molecule has 2 aromatic rings. The number of carbonyl (C=O) groups is 1. The fourth-order valence-corrected chi connectivity index (χ4v) is 2.19. The van der Waals surface area contributed by atoms with E-state index in [0.717, 1.165) is 5.56 Å². The monoisotopic (exact) mass is 325 g/mol. The van der Waals surface area contributed by atoms with Crippen LogP contribution in [0.1, 0.15) is 35.3 Å². The zero-order chi connectivity index (χ0) is 17.7. The summed E-state index contributed by atoms with van der Waals surface area (Å²) < 4.78 is 13.6. The van der Waals surface area contributed by atoms with Crippen LogP contribution < -0.4 is 5.32 Å². The number of carbonyl (C=O) groups excluding carboxylic acids is 1. The van der Waals surface area contributed by atoms with Crippen LogP contribution in [0, 0.1) is 17.1 Å². The van der Waals surface area contributed by atoms with Crippen molar-refractivity contribution in [2.24, 2.45) is 0 Å². The second-order valence-corrected chi connectivity index (χ2v) is 5.83. The number of nitriles is 1. The van der Waals surface area contributed by atoms with E-state index in [1.165, 1.54) is 6.07 Å².